The molecule has 0 bridgehead atoms. The summed E-state index contributed by atoms with van der Waals surface area (Å²) in [7, 11) is -3.88. The van der Waals surface area contributed by atoms with Gasteiger partial charge in [0.1, 0.15) is 5.82 Å². The van der Waals surface area contributed by atoms with Gasteiger partial charge >= 0.3 is 0 Å². The van der Waals surface area contributed by atoms with Gasteiger partial charge in [-0.05, 0) is 54.6 Å². The number of non-ortho nitro benzene ring substituents is 1. The molecule has 1 aromatic heterocycles. The monoisotopic (exact) mass is 620 g/mol. The number of carbonyl (C=O) groups excluding carboxylic acids is 1. The van der Waals surface area contributed by atoms with Gasteiger partial charge in [0, 0.05) is 62.7 Å². The minimum atomic E-state index is -3.88. The van der Waals surface area contributed by atoms with Crippen molar-refractivity contribution in [3.63, 3.8) is 0 Å². The Morgan fingerprint density at radius 2 is 1.71 bits per heavy atom. The molecule has 1 aliphatic heterocycles. The van der Waals surface area contributed by atoms with Crippen LogP contribution in [0.15, 0.2) is 71.6 Å². The second-order valence-electron chi connectivity index (χ2n) is 9.13. The summed E-state index contributed by atoms with van der Waals surface area (Å²) >= 11 is 1.44. The van der Waals surface area contributed by atoms with Crippen molar-refractivity contribution in [3.8, 4) is 0 Å². The van der Waals surface area contributed by atoms with Crippen LogP contribution in [0.2, 0.25) is 0 Å². The standard InChI is InChI=1S/C26H25FN6O5S2.ClH/c27-19-3-8-22(9-4-19)40(37,38)30-20-5-1-18(2-6-20)25(34)28-11-12-31-13-15-32(16-14-31)26-29-23-10-7-21(33(35)36)17-24(23)39-26;/h1-10,17,30H,11-16H2,(H,28,34);1H. The molecule has 41 heavy (non-hydrogen) atoms. The predicted octanol–water partition coefficient (Wildman–Crippen LogP) is 4.12. The molecule has 1 saturated heterocycles. The van der Waals surface area contributed by atoms with Crippen LogP contribution in [0.4, 0.5) is 20.9 Å². The molecule has 1 fully saturated rings. The van der Waals surface area contributed by atoms with Crippen LogP contribution >= 0.6 is 23.7 Å². The normalized spacial score (nSPS) is 13.9. The van der Waals surface area contributed by atoms with Crippen molar-refractivity contribution in [2.24, 2.45) is 0 Å². The fraction of sp³-hybridized carbons (Fsp3) is 0.231. The van der Waals surface area contributed by atoms with Crippen molar-refractivity contribution in [1.82, 2.24) is 15.2 Å². The lowest BCUT2D eigenvalue weighted by molar-refractivity contribution is -0.384. The lowest BCUT2D eigenvalue weighted by Gasteiger charge is -2.34. The van der Waals surface area contributed by atoms with E-state index in [4.69, 9.17) is 0 Å². The number of nitrogens with zero attached hydrogens (tertiary/aromatic N) is 4. The van der Waals surface area contributed by atoms with Crippen LogP contribution in [-0.2, 0) is 10.0 Å². The zero-order valence-electron chi connectivity index (χ0n) is 21.5. The lowest BCUT2D eigenvalue weighted by atomic mass is 10.2. The minimum absolute atomic E-state index is 0. The number of nitrogens with one attached hydrogen (secondary N) is 2. The Morgan fingerprint density at radius 3 is 2.37 bits per heavy atom. The molecule has 1 amide bonds. The van der Waals surface area contributed by atoms with E-state index in [1.807, 2.05) is 0 Å². The molecule has 1 aliphatic rings. The Morgan fingerprint density at radius 1 is 1.02 bits per heavy atom. The van der Waals surface area contributed by atoms with Crippen LogP contribution in [0.3, 0.4) is 0 Å². The van der Waals surface area contributed by atoms with Crippen LogP contribution in [0.5, 0.6) is 0 Å². The van der Waals surface area contributed by atoms with E-state index in [1.165, 1.54) is 53.8 Å². The number of fused-ring (bicyclic) bond motifs is 1. The van der Waals surface area contributed by atoms with Gasteiger partial charge in [-0.2, -0.15) is 0 Å². The van der Waals surface area contributed by atoms with Crippen LogP contribution in [-0.4, -0.2) is 68.4 Å². The van der Waals surface area contributed by atoms with Gasteiger partial charge in [0.05, 0.1) is 20.0 Å². The van der Waals surface area contributed by atoms with E-state index < -0.39 is 20.8 Å². The number of halogens is 2. The Bertz CT molecular complexity index is 1640. The molecule has 0 unspecified atom stereocenters. The van der Waals surface area contributed by atoms with E-state index in [9.17, 15) is 27.7 Å². The number of thiazole rings is 1. The first-order valence-electron chi connectivity index (χ1n) is 12.4. The molecule has 2 N–H and O–H groups in total. The summed E-state index contributed by atoms with van der Waals surface area (Å²) in [5.41, 5.74) is 1.47. The molecule has 0 radical (unpaired) electrons. The van der Waals surface area contributed by atoms with Crippen LogP contribution in [0, 0.1) is 15.9 Å². The lowest BCUT2D eigenvalue weighted by Crippen LogP contribution is -2.48. The maximum Gasteiger partial charge on any atom is 0.270 e. The van der Waals surface area contributed by atoms with Gasteiger partial charge in [0.25, 0.3) is 21.6 Å². The molecule has 216 valence electrons. The molecule has 0 atom stereocenters. The van der Waals surface area contributed by atoms with Crippen LogP contribution in [0.25, 0.3) is 10.2 Å². The topological polar surface area (TPSA) is 138 Å². The summed E-state index contributed by atoms with van der Waals surface area (Å²) in [5, 5.41) is 14.8. The summed E-state index contributed by atoms with van der Waals surface area (Å²) in [4.78, 5) is 32.1. The number of nitro benzene ring substituents is 1. The molecule has 4 aromatic rings. The highest BCUT2D eigenvalue weighted by molar-refractivity contribution is 7.92. The summed E-state index contributed by atoms with van der Waals surface area (Å²) in [6.45, 7) is 4.20. The summed E-state index contributed by atoms with van der Waals surface area (Å²) in [6.07, 6.45) is 0. The molecule has 5 rings (SSSR count). The van der Waals surface area contributed by atoms with Gasteiger partial charge < -0.3 is 10.2 Å². The third-order valence-corrected chi connectivity index (χ3v) is 8.93. The van der Waals surface area contributed by atoms with Crippen molar-refractivity contribution >= 4 is 66.4 Å². The largest absolute Gasteiger partial charge is 0.351 e. The highest BCUT2D eigenvalue weighted by Gasteiger charge is 2.21. The van der Waals surface area contributed by atoms with Gasteiger partial charge in [-0.3, -0.25) is 24.5 Å². The molecule has 0 aliphatic carbocycles. The maximum absolute atomic E-state index is 13.1. The smallest absolute Gasteiger partial charge is 0.270 e. The number of anilines is 2. The average Bonchev–Trinajstić information content (AvgIpc) is 3.37. The van der Waals surface area contributed by atoms with Crippen LogP contribution in [0.1, 0.15) is 10.4 Å². The number of hydrogen-bond acceptors (Lipinski definition) is 9. The van der Waals surface area contributed by atoms with E-state index in [0.29, 0.717) is 18.7 Å². The van der Waals surface area contributed by atoms with E-state index in [2.05, 4.69) is 24.8 Å². The van der Waals surface area contributed by atoms with Crippen molar-refractivity contribution in [3.05, 3.63) is 88.2 Å². The molecule has 0 spiro atoms. The SMILES string of the molecule is Cl.O=C(NCCN1CCN(c2nc3ccc([N+](=O)[O-])cc3s2)CC1)c1ccc(NS(=O)(=O)c2ccc(F)cc2)cc1. The van der Waals surface area contributed by atoms with E-state index in [-0.39, 0.29) is 34.6 Å². The third-order valence-electron chi connectivity index (χ3n) is 6.45. The molecule has 2 heterocycles. The quantitative estimate of drug-likeness (QED) is 0.211. The molecular weight excluding hydrogens is 595 g/mol. The number of amides is 1. The van der Waals surface area contributed by atoms with Gasteiger partial charge in [0.2, 0.25) is 0 Å². The van der Waals surface area contributed by atoms with E-state index >= 15 is 0 Å². The van der Waals surface area contributed by atoms with Gasteiger partial charge in [-0.15, -0.1) is 12.4 Å². The second kappa shape index (κ2) is 12.8. The van der Waals surface area contributed by atoms with Gasteiger partial charge in [-0.1, -0.05) is 11.3 Å². The second-order valence-corrected chi connectivity index (χ2v) is 11.8. The number of piperazine rings is 1. The van der Waals surface area contributed by atoms with E-state index in [1.54, 1.807) is 12.1 Å². The Labute approximate surface area is 245 Å². The van der Waals surface area contributed by atoms with E-state index in [0.717, 1.165) is 53.7 Å². The number of sulfonamides is 1. The van der Waals surface area contributed by atoms with Gasteiger partial charge in [0.15, 0.2) is 5.13 Å². The molecule has 11 nitrogen and oxygen atoms in total. The van der Waals surface area contributed by atoms with Crippen molar-refractivity contribution in [2.75, 3.05) is 48.9 Å². The first-order chi connectivity index (χ1) is 19.2. The Kier molecular flexibility index (Phi) is 9.38. The molecular formula is C26H26ClFN6O5S2. The first kappa shape index (κ1) is 30.1. The predicted molar refractivity (Wildman–Crippen MR) is 158 cm³/mol. The maximum atomic E-state index is 13.1. The number of carbonyl (C=O) groups is 1. The number of hydrogen-bond donors (Lipinski definition) is 2. The highest BCUT2D eigenvalue weighted by atomic mass is 35.5. The Balaban J connectivity index is 0.00000387. The fourth-order valence-corrected chi connectivity index (χ4v) is 6.37. The zero-order chi connectivity index (χ0) is 28.3. The molecule has 0 saturated carbocycles. The minimum Gasteiger partial charge on any atom is -0.351 e. The summed E-state index contributed by atoms with van der Waals surface area (Å²) < 4.78 is 41.2. The number of aromatic nitrogens is 1. The Hall–Kier alpha value is -3.85. The first-order valence-corrected chi connectivity index (χ1v) is 14.7. The van der Waals surface area contributed by atoms with Crippen molar-refractivity contribution < 1.29 is 22.5 Å². The van der Waals surface area contributed by atoms with Crippen LogP contribution < -0.4 is 14.9 Å². The number of nitro groups is 1. The van der Waals surface area contributed by atoms with Gasteiger partial charge in [-0.25, -0.2) is 17.8 Å². The molecule has 15 heteroatoms. The number of benzene rings is 3. The zero-order valence-corrected chi connectivity index (χ0v) is 24.0. The summed E-state index contributed by atoms with van der Waals surface area (Å²) in [5.74, 6) is -0.798. The summed E-state index contributed by atoms with van der Waals surface area (Å²) in [6, 6.07) is 15.2. The fourth-order valence-electron chi connectivity index (χ4n) is 4.26. The number of rotatable bonds is 9. The average molecular weight is 621 g/mol. The van der Waals surface area contributed by atoms with Crippen molar-refractivity contribution in [1.29, 1.82) is 0 Å². The molecule has 3 aromatic carbocycles. The van der Waals surface area contributed by atoms with Crippen molar-refractivity contribution in [2.45, 2.75) is 4.90 Å². The third kappa shape index (κ3) is 7.27. The highest BCUT2D eigenvalue weighted by Crippen LogP contribution is 2.31.